The highest BCUT2D eigenvalue weighted by molar-refractivity contribution is 7.53. The van der Waals surface area contributed by atoms with Gasteiger partial charge in [0.25, 0.3) is 0 Å². The Morgan fingerprint density at radius 2 is 1.57 bits per heavy atom. The normalized spacial score (nSPS) is 13.2. The molecule has 0 aromatic rings. The number of hydrogen-bond donors (Lipinski definition) is 2. The quantitative estimate of drug-likeness (QED) is 0.513. The standard InChI is InChI=1S/C10H23O3P/c1-4-7-8-9-10(5-2,6-3)14(11,12)13/h4-9H2,1-3H3,(H2,11,12,13). The lowest BCUT2D eigenvalue weighted by atomic mass is 9.95. The average molecular weight is 222 g/mol. The summed E-state index contributed by atoms with van der Waals surface area (Å²) in [4.78, 5) is 18.7. The highest BCUT2D eigenvalue weighted by atomic mass is 31.2. The molecule has 2 N–H and O–H groups in total. The van der Waals surface area contributed by atoms with E-state index in [9.17, 15) is 14.4 Å². The fourth-order valence-electron chi connectivity index (χ4n) is 1.87. The molecule has 0 bridgehead atoms. The minimum Gasteiger partial charge on any atom is -0.324 e. The van der Waals surface area contributed by atoms with Gasteiger partial charge in [0.05, 0.1) is 5.16 Å². The summed E-state index contributed by atoms with van der Waals surface area (Å²) in [6.07, 6.45) is 4.85. The molecular weight excluding hydrogens is 199 g/mol. The van der Waals surface area contributed by atoms with Gasteiger partial charge in [0.1, 0.15) is 0 Å². The van der Waals surface area contributed by atoms with E-state index >= 15 is 0 Å². The zero-order valence-corrected chi connectivity index (χ0v) is 10.4. The molecule has 0 amide bonds. The highest BCUT2D eigenvalue weighted by Gasteiger charge is 2.42. The van der Waals surface area contributed by atoms with Gasteiger partial charge in [-0.2, -0.15) is 0 Å². The van der Waals surface area contributed by atoms with Gasteiger partial charge in [0.15, 0.2) is 0 Å². The van der Waals surface area contributed by atoms with Gasteiger partial charge in [-0.25, -0.2) is 0 Å². The molecule has 0 saturated heterocycles. The summed E-state index contributed by atoms with van der Waals surface area (Å²) in [6, 6.07) is 0. The van der Waals surface area contributed by atoms with Crippen molar-refractivity contribution in [3.05, 3.63) is 0 Å². The van der Waals surface area contributed by atoms with Gasteiger partial charge < -0.3 is 9.79 Å². The Labute approximate surface area is 87.1 Å². The van der Waals surface area contributed by atoms with E-state index in [0.29, 0.717) is 19.3 Å². The molecule has 0 aromatic heterocycles. The Bertz CT molecular complexity index is 194. The van der Waals surface area contributed by atoms with Crippen LogP contribution in [0.15, 0.2) is 0 Å². The van der Waals surface area contributed by atoms with Gasteiger partial charge in [-0.05, 0) is 19.3 Å². The molecule has 0 saturated carbocycles. The van der Waals surface area contributed by atoms with Crippen LogP contribution in [0.5, 0.6) is 0 Å². The molecule has 0 rings (SSSR count). The highest BCUT2D eigenvalue weighted by Crippen LogP contribution is 2.56. The first-order chi connectivity index (χ1) is 6.43. The van der Waals surface area contributed by atoms with E-state index < -0.39 is 12.8 Å². The van der Waals surface area contributed by atoms with Crippen LogP contribution in [0, 0.1) is 0 Å². The second-order valence-electron chi connectivity index (χ2n) is 3.93. The Balaban J connectivity index is 4.47. The third kappa shape index (κ3) is 3.38. The second kappa shape index (κ2) is 5.89. The van der Waals surface area contributed by atoms with E-state index in [4.69, 9.17) is 0 Å². The van der Waals surface area contributed by atoms with Gasteiger partial charge in [-0.1, -0.05) is 40.0 Å². The molecule has 3 nitrogen and oxygen atoms in total. The molecular formula is C10H23O3P. The summed E-state index contributed by atoms with van der Waals surface area (Å²) in [6.45, 7) is 5.83. The van der Waals surface area contributed by atoms with Crippen LogP contribution in [0.1, 0.15) is 59.3 Å². The van der Waals surface area contributed by atoms with Crippen molar-refractivity contribution in [3.63, 3.8) is 0 Å². The summed E-state index contributed by atoms with van der Waals surface area (Å²) in [5, 5.41) is -0.762. The number of hydrogen-bond acceptors (Lipinski definition) is 1. The van der Waals surface area contributed by atoms with Crippen molar-refractivity contribution in [1.29, 1.82) is 0 Å². The van der Waals surface area contributed by atoms with Crippen LogP contribution >= 0.6 is 7.60 Å². The van der Waals surface area contributed by atoms with Crippen LogP contribution in [0.2, 0.25) is 0 Å². The smallest absolute Gasteiger partial charge is 0.324 e. The van der Waals surface area contributed by atoms with Crippen LogP contribution in [0.4, 0.5) is 0 Å². The number of unbranched alkanes of at least 4 members (excludes halogenated alkanes) is 2. The molecule has 0 unspecified atom stereocenters. The molecule has 0 heterocycles. The summed E-state index contributed by atoms with van der Waals surface area (Å²) >= 11 is 0. The van der Waals surface area contributed by atoms with E-state index in [1.54, 1.807) is 0 Å². The van der Waals surface area contributed by atoms with E-state index in [1.165, 1.54) is 0 Å². The lowest BCUT2D eigenvalue weighted by Gasteiger charge is -2.32. The maximum absolute atomic E-state index is 11.4. The minimum atomic E-state index is -3.95. The molecule has 0 aromatic carbocycles. The van der Waals surface area contributed by atoms with Crippen molar-refractivity contribution in [3.8, 4) is 0 Å². The lowest BCUT2D eigenvalue weighted by molar-refractivity contribution is 0.300. The Morgan fingerprint density at radius 3 is 1.86 bits per heavy atom. The molecule has 0 aliphatic heterocycles. The zero-order chi connectivity index (χ0) is 11.2. The molecule has 0 aliphatic carbocycles. The Kier molecular flexibility index (Phi) is 5.96. The molecule has 4 heteroatoms. The maximum Gasteiger partial charge on any atom is 0.331 e. The summed E-state index contributed by atoms with van der Waals surface area (Å²) < 4.78 is 11.4. The first kappa shape index (κ1) is 14.2. The van der Waals surface area contributed by atoms with E-state index in [1.807, 2.05) is 13.8 Å². The summed E-state index contributed by atoms with van der Waals surface area (Å²) in [7, 11) is -3.95. The van der Waals surface area contributed by atoms with Crippen molar-refractivity contribution >= 4 is 7.60 Å². The van der Waals surface area contributed by atoms with Gasteiger partial charge in [0, 0.05) is 0 Å². The molecule has 0 atom stereocenters. The lowest BCUT2D eigenvalue weighted by Crippen LogP contribution is -2.27. The third-order valence-corrected chi connectivity index (χ3v) is 5.27. The summed E-state index contributed by atoms with van der Waals surface area (Å²) in [5.41, 5.74) is 0. The average Bonchev–Trinajstić information content (AvgIpc) is 2.11. The van der Waals surface area contributed by atoms with Crippen molar-refractivity contribution in [2.75, 3.05) is 0 Å². The zero-order valence-electron chi connectivity index (χ0n) is 9.49. The third-order valence-electron chi connectivity index (χ3n) is 3.18. The molecule has 14 heavy (non-hydrogen) atoms. The van der Waals surface area contributed by atoms with Gasteiger partial charge >= 0.3 is 7.60 Å². The van der Waals surface area contributed by atoms with Crippen molar-refractivity contribution in [2.24, 2.45) is 0 Å². The molecule has 0 aliphatic rings. The van der Waals surface area contributed by atoms with Crippen molar-refractivity contribution in [2.45, 2.75) is 64.5 Å². The first-order valence-corrected chi connectivity index (χ1v) is 7.10. The maximum atomic E-state index is 11.4. The fourth-order valence-corrected chi connectivity index (χ4v) is 3.14. The van der Waals surface area contributed by atoms with E-state index in [0.717, 1.165) is 19.3 Å². The van der Waals surface area contributed by atoms with Gasteiger partial charge in [-0.15, -0.1) is 0 Å². The van der Waals surface area contributed by atoms with Crippen LogP contribution in [-0.2, 0) is 4.57 Å². The Hall–Kier alpha value is 0.150. The fraction of sp³-hybridized carbons (Fsp3) is 1.00. The monoisotopic (exact) mass is 222 g/mol. The number of rotatable bonds is 7. The van der Waals surface area contributed by atoms with Crippen LogP contribution < -0.4 is 0 Å². The Morgan fingerprint density at radius 1 is 1.07 bits per heavy atom. The predicted octanol–water partition coefficient (Wildman–Crippen LogP) is 3.30. The van der Waals surface area contributed by atoms with E-state index in [-0.39, 0.29) is 0 Å². The van der Waals surface area contributed by atoms with Crippen molar-refractivity contribution in [1.82, 2.24) is 0 Å². The molecule has 86 valence electrons. The SMILES string of the molecule is CCCCCC(CC)(CC)P(=O)(O)O. The van der Waals surface area contributed by atoms with Crippen LogP contribution in [-0.4, -0.2) is 14.9 Å². The van der Waals surface area contributed by atoms with Crippen molar-refractivity contribution < 1.29 is 14.4 Å². The second-order valence-corrected chi connectivity index (χ2v) is 5.97. The van der Waals surface area contributed by atoms with Gasteiger partial charge in [0.2, 0.25) is 0 Å². The van der Waals surface area contributed by atoms with E-state index in [2.05, 4.69) is 6.92 Å². The molecule has 0 spiro atoms. The van der Waals surface area contributed by atoms with Crippen LogP contribution in [0.3, 0.4) is 0 Å². The topological polar surface area (TPSA) is 57.5 Å². The first-order valence-electron chi connectivity index (χ1n) is 5.49. The molecule has 0 radical (unpaired) electrons. The summed E-state index contributed by atoms with van der Waals surface area (Å²) in [5.74, 6) is 0. The predicted molar refractivity (Wildman–Crippen MR) is 59.5 cm³/mol. The minimum absolute atomic E-state index is 0.567. The van der Waals surface area contributed by atoms with Crippen LogP contribution in [0.25, 0.3) is 0 Å². The van der Waals surface area contributed by atoms with Gasteiger partial charge in [-0.3, -0.25) is 4.57 Å². The largest absolute Gasteiger partial charge is 0.331 e. The molecule has 0 fully saturated rings.